The molecule has 38 unspecified atom stereocenters. The van der Waals surface area contributed by atoms with E-state index in [2.05, 4.69) is 40.7 Å². The van der Waals surface area contributed by atoms with E-state index in [1.807, 2.05) is 6.92 Å². The highest BCUT2D eigenvalue weighted by Gasteiger charge is 2.71. The van der Waals surface area contributed by atoms with Crippen LogP contribution in [0.15, 0.2) is 11.6 Å². The van der Waals surface area contributed by atoms with Gasteiger partial charge >= 0.3 is 5.97 Å². The van der Waals surface area contributed by atoms with E-state index in [-0.39, 0.29) is 35.2 Å². The monoisotopic (exact) mass is 1380 g/mol. The number of allylic oxidation sites excluding steroid dienone is 2. The first kappa shape index (κ1) is 75.2. The van der Waals surface area contributed by atoms with Crippen molar-refractivity contribution in [3.05, 3.63) is 11.6 Å². The number of ether oxygens (including phenoxy) is 12. The maximum absolute atomic E-state index is 15.3. The third-order valence-electron chi connectivity index (χ3n) is 25.3. The Bertz CT molecular complexity index is 2690. The number of aliphatic hydroxyl groups is 18. The van der Waals surface area contributed by atoms with Gasteiger partial charge in [0, 0.05) is 5.41 Å². The lowest BCUT2D eigenvalue weighted by atomic mass is 9.33. The fourth-order valence-corrected chi connectivity index (χ4v) is 19.0. The van der Waals surface area contributed by atoms with Gasteiger partial charge in [0.05, 0.1) is 56.8 Å². The minimum absolute atomic E-state index is 0.0451. The van der Waals surface area contributed by atoms with Crippen molar-refractivity contribution in [1.82, 2.24) is 0 Å². The average molecular weight is 1380 g/mol. The summed E-state index contributed by atoms with van der Waals surface area (Å²) in [4.78, 5) is 15.3. The first-order valence-electron chi connectivity index (χ1n) is 34.1. The molecular formula is C65H106O31. The van der Waals surface area contributed by atoms with Gasteiger partial charge in [-0.25, -0.2) is 0 Å². The summed E-state index contributed by atoms with van der Waals surface area (Å²) >= 11 is 0. The molecule has 0 aromatic heterocycles. The molecule has 31 heteroatoms. The van der Waals surface area contributed by atoms with Crippen molar-refractivity contribution >= 4 is 5.97 Å². The van der Waals surface area contributed by atoms with Crippen molar-refractivity contribution in [2.24, 2.45) is 50.2 Å². The lowest BCUT2D eigenvalue weighted by molar-refractivity contribution is -0.381. The van der Waals surface area contributed by atoms with Crippen LogP contribution < -0.4 is 0 Å². The molecule has 10 fully saturated rings. The molecule has 0 bridgehead atoms. The van der Waals surface area contributed by atoms with E-state index in [0.717, 1.165) is 5.57 Å². The minimum Gasteiger partial charge on any atom is -0.432 e. The van der Waals surface area contributed by atoms with Gasteiger partial charge in [-0.05, 0) is 117 Å². The molecule has 0 spiro atoms. The van der Waals surface area contributed by atoms with Crippen LogP contribution in [0.25, 0.3) is 0 Å². The van der Waals surface area contributed by atoms with Crippen molar-refractivity contribution in [2.75, 3.05) is 33.0 Å². The zero-order valence-corrected chi connectivity index (χ0v) is 55.6. The number of aliphatic hydroxyl groups excluding tert-OH is 18. The fraction of sp³-hybridized carbons (Fsp3) is 0.954. The molecule has 0 radical (unpaired) electrons. The molecule has 552 valence electrons. The molecule has 38 atom stereocenters. The minimum atomic E-state index is -1.93. The summed E-state index contributed by atoms with van der Waals surface area (Å²) in [5.74, 6) is -1.11. The molecule has 96 heavy (non-hydrogen) atoms. The second kappa shape index (κ2) is 28.3. The van der Waals surface area contributed by atoms with Crippen LogP contribution in [0.3, 0.4) is 0 Å². The maximum Gasteiger partial charge on any atom is 0.315 e. The number of carbonyl (C=O) groups excluding carboxylic acids is 1. The molecule has 31 nitrogen and oxygen atoms in total. The van der Waals surface area contributed by atoms with Gasteiger partial charge in [-0.1, -0.05) is 53.2 Å². The predicted octanol–water partition coefficient (Wildman–Crippen LogP) is -4.72. The fourth-order valence-electron chi connectivity index (χ4n) is 19.0. The van der Waals surface area contributed by atoms with E-state index in [4.69, 9.17) is 56.8 Å². The van der Waals surface area contributed by atoms with Gasteiger partial charge in [-0.2, -0.15) is 0 Å². The van der Waals surface area contributed by atoms with Crippen molar-refractivity contribution in [3.8, 4) is 0 Å². The molecule has 0 aromatic rings. The zero-order chi connectivity index (χ0) is 70.0. The van der Waals surface area contributed by atoms with E-state index >= 15 is 4.79 Å². The van der Waals surface area contributed by atoms with Crippen molar-refractivity contribution < 1.29 is 154 Å². The highest BCUT2D eigenvalue weighted by Crippen LogP contribution is 2.76. The molecule has 18 N–H and O–H groups in total. The van der Waals surface area contributed by atoms with Gasteiger partial charge in [0.25, 0.3) is 0 Å². The Morgan fingerprint density at radius 3 is 1.64 bits per heavy atom. The standard InChI is InChI=1S/C65H106O31/c1-25-36(69)41(74)46(79)54(87-25)94-51-30(21-67)90-53(50(83)45(51)78)85-22-31-39(72)44(77)49(82)57(91-31)96-59(84)65-17-15-60(3,4)19-28(65)27-9-10-34-61(5)13-12-35(62(6,24-68)33(61)11-14-64(34,8)63(27,7)16-18-65)93-58-52(95-55-47(80)42(75)37(70)26(2)88-55)40(73)32(23-86-58)92-56-48(81)43(76)38(71)29(20-66)89-56/h9,25-26,28-58,66-83H,10-24H2,1-8H3. The molecule has 4 saturated carbocycles. The first-order chi connectivity index (χ1) is 45.1. The SMILES string of the molecule is CC1OC(OC2C(CO)OC(OCC3OC(OC(=O)C45CCC(C)(C)CC4C4=CCC6C7(C)CCC(OC8OCC(OC9OC(CO)C(O)C(O)C9O)C(O)C8OC8OC(C)C(O)C(O)C8O)C(C)(CO)C7CCC6(C)C4(C)CC5)C(O)C(O)C3O)C(O)C2O)C(O)C(O)C1O. The molecule has 6 aliphatic heterocycles. The third-order valence-corrected chi connectivity index (χ3v) is 25.3. The van der Waals surface area contributed by atoms with Crippen LogP contribution in [-0.2, 0) is 61.6 Å². The van der Waals surface area contributed by atoms with Gasteiger partial charge in [-0.15, -0.1) is 0 Å². The number of carbonyl (C=O) groups is 1. The van der Waals surface area contributed by atoms with Gasteiger partial charge in [0.2, 0.25) is 6.29 Å². The third kappa shape index (κ3) is 12.8. The molecule has 0 aromatic carbocycles. The Balaban J connectivity index is 0.787. The van der Waals surface area contributed by atoms with Crippen molar-refractivity contribution in [2.45, 2.75) is 304 Å². The highest BCUT2D eigenvalue weighted by atomic mass is 16.8. The Kier molecular flexibility index (Phi) is 22.1. The van der Waals surface area contributed by atoms with E-state index in [1.165, 1.54) is 13.8 Å². The van der Waals surface area contributed by atoms with E-state index in [1.54, 1.807) is 0 Å². The van der Waals surface area contributed by atoms with Gasteiger partial charge in [-0.3, -0.25) is 4.79 Å². The first-order valence-corrected chi connectivity index (χ1v) is 34.1. The average Bonchev–Trinajstić information content (AvgIpc) is 0.675. The maximum atomic E-state index is 15.3. The van der Waals surface area contributed by atoms with Gasteiger partial charge < -0.3 is 149 Å². The van der Waals surface area contributed by atoms with Crippen LogP contribution in [0, 0.1) is 50.2 Å². The Labute approximate surface area is 556 Å². The molecule has 6 heterocycles. The second-order valence-corrected chi connectivity index (χ2v) is 31.3. The number of rotatable bonds is 16. The smallest absolute Gasteiger partial charge is 0.315 e. The Morgan fingerprint density at radius 2 is 1.03 bits per heavy atom. The lowest BCUT2D eigenvalue weighted by Gasteiger charge is -2.71. The Hall–Kier alpha value is -1.95. The molecule has 0 amide bonds. The lowest BCUT2D eigenvalue weighted by Crippen LogP contribution is -2.67. The topological polar surface area (TPSA) is 492 Å². The summed E-state index contributed by atoms with van der Waals surface area (Å²) in [6, 6.07) is 0. The van der Waals surface area contributed by atoms with E-state index in [0.29, 0.717) is 64.2 Å². The molecular weight excluding hydrogens is 1280 g/mol. The van der Waals surface area contributed by atoms with Gasteiger partial charge in [0.1, 0.15) is 128 Å². The molecule has 11 aliphatic rings. The van der Waals surface area contributed by atoms with E-state index < -0.39 is 238 Å². The van der Waals surface area contributed by atoms with Crippen LogP contribution in [-0.4, -0.2) is 315 Å². The Morgan fingerprint density at radius 1 is 0.500 bits per heavy atom. The normalized spacial score (nSPS) is 55.1. The largest absolute Gasteiger partial charge is 0.432 e. The second-order valence-electron chi connectivity index (χ2n) is 31.3. The molecule has 5 aliphatic carbocycles. The quantitative estimate of drug-likeness (QED) is 0.0392. The summed E-state index contributed by atoms with van der Waals surface area (Å²) in [5.41, 5.74) is -2.40. The number of hydrogen-bond acceptors (Lipinski definition) is 31. The number of hydrogen-bond donors (Lipinski definition) is 18. The van der Waals surface area contributed by atoms with Crippen molar-refractivity contribution in [1.29, 1.82) is 0 Å². The van der Waals surface area contributed by atoms with E-state index in [9.17, 15) is 91.9 Å². The summed E-state index contributed by atoms with van der Waals surface area (Å²) < 4.78 is 71.8. The summed E-state index contributed by atoms with van der Waals surface area (Å²) in [5, 5.41) is 196. The molecule has 11 rings (SSSR count). The predicted molar refractivity (Wildman–Crippen MR) is 321 cm³/mol. The molecule has 6 saturated heterocycles. The van der Waals surface area contributed by atoms with Crippen LogP contribution in [0.1, 0.15) is 120 Å². The zero-order valence-electron chi connectivity index (χ0n) is 55.6. The number of fused-ring (bicyclic) bond motifs is 7. The van der Waals surface area contributed by atoms with Crippen LogP contribution in [0.2, 0.25) is 0 Å². The van der Waals surface area contributed by atoms with Crippen LogP contribution in [0.4, 0.5) is 0 Å². The summed E-state index contributed by atoms with van der Waals surface area (Å²) in [6.07, 6.45) is -40.2. The summed E-state index contributed by atoms with van der Waals surface area (Å²) in [6.45, 7) is 13.1. The highest BCUT2D eigenvalue weighted by molar-refractivity contribution is 5.79. The summed E-state index contributed by atoms with van der Waals surface area (Å²) in [7, 11) is 0. The number of esters is 1. The van der Waals surface area contributed by atoms with Crippen LogP contribution in [0.5, 0.6) is 0 Å². The van der Waals surface area contributed by atoms with Crippen LogP contribution >= 0.6 is 0 Å². The van der Waals surface area contributed by atoms with Gasteiger partial charge in [0.15, 0.2) is 31.5 Å². The van der Waals surface area contributed by atoms with Crippen molar-refractivity contribution in [3.63, 3.8) is 0 Å².